The predicted molar refractivity (Wildman–Crippen MR) is 135 cm³/mol. The van der Waals surface area contributed by atoms with Crippen molar-refractivity contribution in [3.63, 3.8) is 0 Å². The maximum atomic E-state index is 13.5. The van der Waals surface area contributed by atoms with Crippen molar-refractivity contribution in [1.82, 2.24) is 4.98 Å². The summed E-state index contributed by atoms with van der Waals surface area (Å²) in [6.45, 7) is 6.10. The molecule has 1 aliphatic heterocycles. The third-order valence-electron chi connectivity index (χ3n) is 7.34. The number of nitrogens with zero attached hydrogens (tertiary/aromatic N) is 2. The number of benzene rings is 1. The summed E-state index contributed by atoms with van der Waals surface area (Å²) >= 11 is 6.04. The molecule has 1 fully saturated rings. The van der Waals surface area contributed by atoms with E-state index in [1.165, 1.54) is 12.1 Å². The number of sulfonamides is 1. The summed E-state index contributed by atoms with van der Waals surface area (Å²) in [5.41, 5.74) is 0.832. The molecule has 2 atom stereocenters. The number of Topliss-reactive ketones (excluding diaryl/α,β-unsaturated/α-hetero) is 1. The van der Waals surface area contributed by atoms with E-state index in [-0.39, 0.29) is 47.7 Å². The maximum absolute atomic E-state index is 13.5. The Morgan fingerprint density at radius 3 is 2.63 bits per heavy atom. The highest BCUT2D eigenvalue weighted by Gasteiger charge is 2.37. The summed E-state index contributed by atoms with van der Waals surface area (Å²) in [7, 11) is -4.02. The van der Waals surface area contributed by atoms with Gasteiger partial charge in [-0.15, -0.1) is 0 Å². The number of ketones is 1. The summed E-state index contributed by atoms with van der Waals surface area (Å²) in [6.07, 6.45) is 3.71. The van der Waals surface area contributed by atoms with Gasteiger partial charge >= 0.3 is 0 Å². The molecule has 190 valence electrons. The zero-order valence-electron chi connectivity index (χ0n) is 20.4. The van der Waals surface area contributed by atoms with Crippen molar-refractivity contribution in [2.45, 2.75) is 63.9 Å². The molecular weight excluding hydrogens is 488 g/mol. The van der Waals surface area contributed by atoms with Gasteiger partial charge in [0.2, 0.25) is 0 Å². The molecule has 9 heteroatoms. The maximum Gasteiger partial charge on any atom is 0.265 e. The average molecular weight is 521 g/mol. The highest BCUT2D eigenvalue weighted by molar-refractivity contribution is 7.92. The number of aromatic nitrogens is 1. The molecule has 0 bridgehead atoms. The largest absolute Gasteiger partial charge is 0.482 e. The zero-order chi connectivity index (χ0) is 25.4. The smallest absolute Gasteiger partial charge is 0.265 e. The Hall–Kier alpha value is -2.16. The fraction of sp³-hybridized carbons (Fsp3) is 0.538. The molecule has 2 aromatic rings. The summed E-state index contributed by atoms with van der Waals surface area (Å²) in [5, 5.41) is 9.97. The third kappa shape index (κ3) is 5.65. The molecule has 1 N–H and O–H groups in total. The van der Waals surface area contributed by atoms with E-state index >= 15 is 0 Å². The van der Waals surface area contributed by atoms with Gasteiger partial charge in [-0.3, -0.25) is 4.79 Å². The monoisotopic (exact) mass is 520 g/mol. The molecule has 0 amide bonds. The van der Waals surface area contributed by atoms with Crippen LogP contribution >= 0.6 is 11.6 Å². The van der Waals surface area contributed by atoms with Crippen LogP contribution in [0.1, 0.15) is 52.1 Å². The summed E-state index contributed by atoms with van der Waals surface area (Å²) in [4.78, 5) is 17.7. The molecule has 1 aliphatic carbocycles. The number of rotatable bonds is 7. The average Bonchev–Trinajstić information content (AvgIpc) is 2.82. The Labute approximate surface area is 212 Å². The Bertz CT molecular complexity index is 1190. The quantitative estimate of drug-likeness (QED) is 0.571. The fourth-order valence-electron chi connectivity index (χ4n) is 4.92. The lowest BCUT2D eigenvalue weighted by Gasteiger charge is -2.36. The topological polar surface area (TPSA) is 96.8 Å². The van der Waals surface area contributed by atoms with Gasteiger partial charge in [0.1, 0.15) is 11.9 Å². The van der Waals surface area contributed by atoms with Gasteiger partial charge in [0.25, 0.3) is 10.0 Å². The van der Waals surface area contributed by atoms with Gasteiger partial charge in [0.05, 0.1) is 23.7 Å². The Kier molecular flexibility index (Phi) is 7.46. The molecule has 0 saturated heterocycles. The number of hydrogen-bond donors (Lipinski definition) is 1. The first-order valence-electron chi connectivity index (χ1n) is 12.1. The van der Waals surface area contributed by atoms with E-state index in [1.807, 2.05) is 6.92 Å². The van der Waals surface area contributed by atoms with E-state index in [0.717, 1.165) is 30.0 Å². The van der Waals surface area contributed by atoms with Gasteiger partial charge in [-0.2, -0.15) is 0 Å². The number of aliphatic hydroxyl groups is 1. The Morgan fingerprint density at radius 1 is 1.26 bits per heavy atom. The summed E-state index contributed by atoms with van der Waals surface area (Å²) < 4.78 is 33.9. The molecule has 1 saturated carbocycles. The molecule has 2 aliphatic rings. The first-order chi connectivity index (χ1) is 16.5. The van der Waals surface area contributed by atoms with Crippen LogP contribution in [0.4, 0.5) is 5.82 Å². The molecule has 35 heavy (non-hydrogen) atoms. The highest BCUT2D eigenvalue weighted by Crippen LogP contribution is 2.41. The number of carbonyl (C=O) groups is 1. The lowest BCUT2D eigenvalue weighted by molar-refractivity contribution is -0.124. The minimum Gasteiger partial charge on any atom is -0.482 e. The number of ether oxygens (including phenoxy) is 1. The second-order valence-corrected chi connectivity index (χ2v) is 12.8. The minimum absolute atomic E-state index is 0.0201. The summed E-state index contributed by atoms with van der Waals surface area (Å²) in [6, 6.07) is 9.32. The van der Waals surface area contributed by atoms with Crippen molar-refractivity contribution in [3.05, 3.63) is 47.1 Å². The van der Waals surface area contributed by atoms with Crippen LogP contribution in [0.15, 0.2) is 41.3 Å². The molecule has 0 spiro atoms. The molecule has 1 aromatic carbocycles. The van der Waals surface area contributed by atoms with Crippen molar-refractivity contribution in [2.24, 2.45) is 17.3 Å². The van der Waals surface area contributed by atoms with E-state index in [2.05, 4.69) is 18.8 Å². The third-order valence-corrected chi connectivity index (χ3v) is 9.33. The van der Waals surface area contributed by atoms with Gasteiger partial charge in [0.15, 0.2) is 11.6 Å². The lowest BCUT2D eigenvalue weighted by Crippen LogP contribution is -2.45. The van der Waals surface area contributed by atoms with Crippen LogP contribution in [0, 0.1) is 17.3 Å². The molecular formula is C26H33ClN2O5S. The number of hydrogen-bond acceptors (Lipinski definition) is 6. The van der Waals surface area contributed by atoms with Gasteiger partial charge < -0.3 is 9.84 Å². The van der Waals surface area contributed by atoms with E-state index in [4.69, 9.17) is 16.3 Å². The van der Waals surface area contributed by atoms with Crippen LogP contribution in [0.3, 0.4) is 0 Å². The van der Waals surface area contributed by atoms with Crippen LogP contribution in [0.2, 0.25) is 5.02 Å². The molecule has 7 nitrogen and oxygen atoms in total. The number of carbonyl (C=O) groups excluding carboxylic acids is 1. The van der Waals surface area contributed by atoms with Gasteiger partial charge in [-0.05, 0) is 67.3 Å². The second kappa shape index (κ2) is 10.1. The predicted octanol–water partition coefficient (Wildman–Crippen LogP) is 4.65. The van der Waals surface area contributed by atoms with Gasteiger partial charge in [-0.1, -0.05) is 38.4 Å². The fourth-order valence-corrected chi connectivity index (χ4v) is 6.67. The standard InChI is InChI=1S/C26H33ClN2O5S/c1-17(18-9-11-26(2,3)12-10-18)23(31)14-20-7-8-24-25(28-20)29(15-21(16-30)34-24)35(32,33)22-6-4-5-19(27)13-22/h4-8,13,17-18,21,30H,9-12,14-16H2,1-3H3/t17-,21+/m0/s1. The van der Waals surface area contributed by atoms with E-state index < -0.39 is 16.1 Å². The summed E-state index contributed by atoms with van der Waals surface area (Å²) in [5.74, 6) is 0.759. The highest BCUT2D eigenvalue weighted by atomic mass is 35.5. The molecule has 0 radical (unpaired) electrons. The van der Waals surface area contributed by atoms with Crippen molar-refractivity contribution < 1.29 is 23.1 Å². The second-order valence-electron chi connectivity index (χ2n) is 10.5. The van der Waals surface area contributed by atoms with Crippen LogP contribution in [-0.4, -0.2) is 43.5 Å². The number of aliphatic hydroxyl groups excluding tert-OH is 1. The number of halogens is 1. The van der Waals surface area contributed by atoms with Gasteiger partial charge in [-0.25, -0.2) is 17.7 Å². The van der Waals surface area contributed by atoms with Crippen molar-refractivity contribution >= 4 is 33.2 Å². The van der Waals surface area contributed by atoms with E-state index in [0.29, 0.717) is 22.0 Å². The molecule has 4 rings (SSSR count). The first kappa shape index (κ1) is 25.9. The van der Waals surface area contributed by atoms with Crippen molar-refractivity contribution in [3.8, 4) is 5.75 Å². The van der Waals surface area contributed by atoms with Crippen molar-refractivity contribution in [2.75, 3.05) is 17.5 Å². The van der Waals surface area contributed by atoms with E-state index in [9.17, 15) is 18.3 Å². The number of anilines is 1. The van der Waals surface area contributed by atoms with Crippen LogP contribution in [0.25, 0.3) is 0 Å². The van der Waals surface area contributed by atoms with Crippen LogP contribution in [-0.2, 0) is 21.2 Å². The van der Waals surface area contributed by atoms with E-state index in [1.54, 1.807) is 24.3 Å². The van der Waals surface area contributed by atoms with Gasteiger partial charge in [0, 0.05) is 17.4 Å². The van der Waals surface area contributed by atoms with Crippen LogP contribution < -0.4 is 9.04 Å². The SMILES string of the molecule is C[C@H](C(=O)Cc1ccc2c(n1)N(S(=O)(=O)c1cccc(Cl)c1)C[C@H](CO)O2)C1CCC(C)(C)CC1. The molecule has 1 aromatic heterocycles. The first-order valence-corrected chi connectivity index (χ1v) is 13.9. The molecule has 0 unspecified atom stereocenters. The normalized spacial score (nSPS) is 21.2. The Morgan fingerprint density at radius 2 is 1.97 bits per heavy atom. The van der Waals surface area contributed by atoms with Crippen LogP contribution in [0.5, 0.6) is 5.75 Å². The minimum atomic E-state index is -4.02. The lowest BCUT2D eigenvalue weighted by atomic mass is 9.69. The number of pyridine rings is 1. The number of fused-ring (bicyclic) bond motifs is 1. The zero-order valence-corrected chi connectivity index (χ0v) is 22.0. The molecule has 2 heterocycles. The van der Waals surface area contributed by atoms with Crippen molar-refractivity contribution in [1.29, 1.82) is 0 Å². The Balaban J connectivity index is 1.59.